The van der Waals surface area contributed by atoms with Gasteiger partial charge in [0.05, 0.1) is 6.54 Å². The molecule has 0 unspecified atom stereocenters. The van der Waals surface area contributed by atoms with Crippen LogP contribution < -0.4 is 4.74 Å². The summed E-state index contributed by atoms with van der Waals surface area (Å²) in [6, 6.07) is 8.57. The molecular formula is C10H9NO4. The quantitative estimate of drug-likeness (QED) is 0.702. The zero-order valence-corrected chi connectivity index (χ0v) is 7.88. The lowest BCUT2D eigenvalue weighted by Gasteiger charge is -2.10. The Bertz CT molecular complexity index is 376. The van der Waals surface area contributed by atoms with Crippen molar-refractivity contribution in [1.29, 1.82) is 0 Å². The number of para-hydroxylation sites is 1. The average Bonchev–Trinajstić information content (AvgIpc) is 2.66. The van der Waals surface area contributed by atoms with Crippen LogP contribution in [-0.4, -0.2) is 30.2 Å². The monoisotopic (exact) mass is 207 g/mol. The van der Waals surface area contributed by atoms with Crippen molar-refractivity contribution in [2.45, 2.75) is 0 Å². The lowest BCUT2D eigenvalue weighted by Crippen LogP contribution is -2.34. The van der Waals surface area contributed by atoms with E-state index in [9.17, 15) is 9.59 Å². The van der Waals surface area contributed by atoms with E-state index < -0.39 is 12.2 Å². The van der Waals surface area contributed by atoms with Gasteiger partial charge in [0.2, 0.25) is 0 Å². The summed E-state index contributed by atoms with van der Waals surface area (Å²) in [5.41, 5.74) is 0. The van der Waals surface area contributed by atoms with E-state index >= 15 is 0 Å². The first-order chi connectivity index (χ1) is 7.27. The van der Waals surface area contributed by atoms with E-state index in [2.05, 4.69) is 4.74 Å². The van der Waals surface area contributed by atoms with E-state index in [1.807, 2.05) is 0 Å². The molecule has 2 rings (SSSR count). The van der Waals surface area contributed by atoms with Gasteiger partial charge in [-0.25, -0.2) is 14.5 Å². The van der Waals surface area contributed by atoms with E-state index in [4.69, 9.17) is 4.74 Å². The van der Waals surface area contributed by atoms with E-state index in [1.54, 1.807) is 30.3 Å². The zero-order valence-electron chi connectivity index (χ0n) is 7.88. The standard InChI is InChI=1S/C10H9NO4/c12-9-11(6-7-14-9)10(13)15-8-4-2-1-3-5-8/h1-5H,6-7H2. The lowest BCUT2D eigenvalue weighted by molar-refractivity contribution is 0.143. The maximum absolute atomic E-state index is 11.4. The van der Waals surface area contributed by atoms with Gasteiger partial charge in [0.1, 0.15) is 12.4 Å². The number of rotatable bonds is 1. The second-order valence-electron chi connectivity index (χ2n) is 2.95. The van der Waals surface area contributed by atoms with E-state index in [0.717, 1.165) is 4.90 Å². The van der Waals surface area contributed by atoms with Crippen molar-refractivity contribution in [3.8, 4) is 5.75 Å². The van der Waals surface area contributed by atoms with Crippen LogP contribution >= 0.6 is 0 Å². The van der Waals surface area contributed by atoms with Crippen LogP contribution in [0.4, 0.5) is 9.59 Å². The van der Waals surface area contributed by atoms with Crippen molar-refractivity contribution in [3.63, 3.8) is 0 Å². The van der Waals surface area contributed by atoms with Gasteiger partial charge in [-0.15, -0.1) is 0 Å². The van der Waals surface area contributed by atoms with Gasteiger partial charge in [0, 0.05) is 0 Å². The Morgan fingerprint density at radius 3 is 2.67 bits per heavy atom. The number of nitrogens with zero attached hydrogens (tertiary/aromatic N) is 1. The molecule has 5 nitrogen and oxygen atoms in total. The van der Waals surface area contributed by atoms with Crippen molar-refractivity contribution >= 4 is 12.2 Å². The molecular weight excluding hydrogens is 198 g/mol. The molecule has 1 aliphatic rings. The molecule has 78 valence electrons. The van der Waals surface area contributed by atoms with Crippen molar-refractivity contribution in [1.82, 2.24) is 4.90 Å². The third-order valence-electron chi connectivity index (χ3n) is 1.93. The van der Waals surface area contributed by atoms with Gasteiger partial charge < -0.3 is 9.47 Å². The van der Waals surface area contributed by atoms with Crippen LogP contribution in [-0.2, 0) is 4.74 Å². The summed E-state index contributed by atoms with van der Waals surface area (Å²) in [5, 5.41) is 0. The molecule has 15 heavy (non-hydrogen) atoms. The highest BCUT2D eigenvalue weighted by Gasteiger charge is 2.29. The normalized spacial score (nSPS) is 14.9. The molecule has 0 N–H and O–H groups in total. The smallest absolute Gasteiger partial charge is 0.424 e. The molecule has 1 aromatic rings. The first kappa shape index (κ1) is 9.51. The highest BCUT2D eigenvalue weighted by atomic mass is 16.6. The fourth-order valence-corrected chi connectivity index (χ4v) is 1.20. The predicted octanol–water partition coefficient (Wildman–Crippen LogP) is 1.64. The highest BCUT2D eigenvalue weighted by molar-refractivity contribution is 5.89. The van der Waals surface area contributed by atoms with Crippen molar-refractivity contribution in [3.05, 3.63) is 30.3 Å². The number of imide groups is 1. The summed E-state index contributed by atoms with van der Waals surface area (Å²) < 4.78 is 9.57. The number of amides is 2. The zero-order chi connectivity index (χ0) is 10.7. The van der Waals surface area contributed by atoms with Gasteiger partial charge in [-0.2, -0.15) is 0 Å². The van der Waals surface area contributed by atoms with Gasteiger partial charge in [-0.1, -0.05) is 18.2 Å². The molecule has 0 saturated carbocycles. The second-order valence-corrected chi connectivity index (χ2v) is 2.95. The van der Waals surface area contributed by atoms with Gasteiger partial charge in [-0.3, -0.25) is 0 Å². The van der Waals surface area contributed by atoms with Gasteiger partial charge in [-0.05, 0) is 12.1 Å². The van der Waals surface area contributed by atoms with Crippen LogP contribution in [0.1, 0.15) is 0 Å². The van der Waals surface area contributed by atoms with Gasteiger partial charge in [0.25, 0.3) is 0 Å². The minimum absolute atomic E-state index is 0.225. The Morgan fingerprint density at radius 2 is 2.07 bits per heavy atom. The molecule has 0 atom stereocenters. The molecule has 0 aromatic heterocycles. The fourth-order valence-electron chi connectivity index (χ4n) is 1.20. The molecule has 0 radical (unpaired) electrons. The number of benzene rings is 1. The summed E-state index contributed by atoms with van der Waals surface area (Å²) in [5.74, 6) is 0.405. The third kappa shape index (κ3) is 2.07. The minimum Gasteiger partial charge on any atom is -0.447 e. The largest absolute Gasteiger partial charge is 0.447 e. The topological polar surface area (TPSA) is 55.8 Å². The number of cyclic esters (lactones) is 1. The van der Waals surface area contributed by atoms with Gasteiger partial charge >= 0.3 is 12.2 Å². The molecule has 1 heterocycles. The highest BCUT2D eigenvalue weighted by Crippen LogP contribution is 2.12. The maximum Gasteiger partial charge on any atom is 0.424 e. The number of carbonyl (C=O) groups is 2. The van der Waals surface area contributed by atoms with Crippen LogP contribution in [0.3, 0.4) is 0 Å². The van der Waals surface area contributed by atoms with Crippen LogP contribution in [0.2, 0.25) is 0 Å². The third-order valence-corrected chi connectivity index (χ3v) is 1.93. The van der Waals surface area contributed by atoms with Crippen molar-refractivity contribution < 1.29 is 19.1 Å². The number of ether oxygens (including phenoxy) is 2. The molecule has 1 aromatic carbocycles. The minimum atomic E-state index is -0.705. The van der Waals surface area contributed by atoms with E-state index in [-0.39, 0.29) is 13.2 Å². The Kier molecular flexibility index (Phi) is 2.53. The van der Waals surface area contributed by atoms with Crippen LogP contribution in [0.25, 0.3) is 0 Å². The van der Waals surface area contributed by atoms with E-state index in [0.29, 0.717) is 5.75 Å². The maximum atomic E-state index is 11.4. The Hall–Kier alpha value is -2.04. The summed E-state index contributed by atoms with van der Waals surface area (Å²) >= 11 is 0. The molecule has 0 aliphatic carbocycles. The molecule has 0 spiro atoms. The summed E-state index contributed by atoms with van der Waals surface area (Å²) in [4.78, 5) is 23.4. The molecule has 5 heteroatoms. The number of carbonyl (C=O) groups excluding carboxylic acids is 2. The summed E-state index contributed by atoms with van der Waals surface area (Å²) in [6.07, 6.45) is -1.36. The Labute approximate surface area is 86.2 Å². The van der Waals surface area contributed by atoms with E-state index in [1.165, 1.54) is 0 Å². The molecule has 2 amide bonds. The fraction of sp³-hybridized carbons (Fsp3) is 0.200. The Balaban J connectivity index is 2.01. The summed E-state index contributed by atoms with van der Waals surface area (Å²) in [6.45, 7) is 0.465. The molecule has 1 aliphatic heterocycles. The Morgan fingerprint density at radius 1 is 1.33 bits per heavy atom. The van der Waals surface area contributed by atoms with Crippen molar-refractivity contribution in [2.75, 3.05) is 13.2 Å². The van der Waals surface area contributed by atoms with Gasteiger partial charge in [0.15, 0.2) is 0 Å². The van der Waals surface area contributed by atoms with Crippen LogP contribution in [0.15, 0.2) is 30.3 Å². The first-order valence-electron chi connectivity index (χ1n) is 4.48. The molecule has 1 fully saturated rings. The number of hydrogen-bond acceptors (Lipinski definition) is 4. The SMILES string of the molecule is O=C1OCCN1C(=O)Oc1ccccc1. The average molecular weight is 207 g/mol. The predicted molar refractivity (Wildman–Crippen MR) is 50.5 cm³/mol. The lowest BCUT2D eigenvalue weighted by atomic mass is 10.3. The number of hydrogen-bond donors (Lipinski definition) is 0. The second kappa shape index (κ2) is 4.00. The van der Waals surface area contributed by atoms with Crippen LogP contribution in [0.5, 0.6) is 5.75 Å². The first-order valence-corrected chi connectivity index (χ1v) is 4.48. The van der Waals surface area contributed by atoms with Crippen molar-refractivity contribution in [2.24, 2.45) is 0 Å². The summed E-state index contributed by atoms with van der Waals surface area (Å²) in [7, 11) is 0. The van der Waals surface area contributed by atoms with Crippen LogP contribution in [0, 0.1) is 0 Å². The molecule has 1 saturated heterocycles. The molecule has 0 bridgehead atoms.